The molecule has 0 aliphatic carbocycles. The summed E-state index contributed by atoms with van der Waals surface area (Å²) in [7, 11) is -0.155. The number of sulfonamides is 1. The van der Waals surface area contributed by atoms with E-state index in [9.17, 15) is 13.2 Å². The van der Waals surface area contributed by atoms with E-state index in [2.05, 4.69) is 21.0 Å². The van der Waals surface area contributed by atoms with Crippen LogP contribution in [-0.4, -0.2) is 52.5 Å². The third kappa shape index (κ3) is 4.40. The Hall–Kier alpha value is -1.70. The number of carbonyl (C=O) groups excluding carboxylic acids is 1. The second kappa shape index (κ2) is 7.25. The van der Waals surface area contributed by atoms with Gasteiger partial charge in [0.15, 0.2) is 0 Å². The van der Waals surface area contributed by atoms with E-state index in [4.69, 9.17) is 0 Å². The second-order valence-corrected chi connectivity index (χ2v) is 7.47. The Morgan fingerprint density at radius 1 is 1.35 bits per heavy atom. The quantitative estimate of drug-likeness (QED) is 0.785. The SMILES string of the molecule is CNC(=O)c1cccc(S(=O)(=O)N[C@@H](C)C2=CCCN(C)C2)c1. The first kappa shape index (κ1) is 17.7. The minimum Gasteiger partial charge on any atom is -0.355 e. The maximum Gasteiger partial charge on any atom is 0.251 e. The standard InChI is InChI=1S/C16H23N3O3S/c1-12(14-7-5-9-19(3)11-14)18-23(21,22)15-8-4-6-13(10-15)16(20)17-2/h4,6-8,10,12,18H,5,9,11H2,1-3H3,(H,17,20)/t12-/m0/s1. The predicted octanol–water partition coefficient (Wildman–Crippen LogP) is 0.975. The summed E-state index contributed by atoms with van der Waals surface area (Å²) >= 11 is 0. The molecule has 0 radical (unpaired) electrons. The van der Waals surface area contributed by atoms with Crippen LogP contribution in [0.1, 0.15) is 23.7 Å². The average molecular weight is 337 g/mol. The number of hydrogen-bond donors (Lipinski definition) is 2. The Labute approximate surface area is 137 Å². The van der Waals surface area contributed by atoms with Gasteiger partial charge in [-0.3, -0.25) is 4.79 Å². The van der Waals surface area contributed by atoms with Crippen molar-refractivity contribution in [1.29, 1.82) is 0 Å². The molecule has 1 aliphatic heterocycles. The van der Waals surface area contributed by atoms with Gasteiger partial charge in [-0.2, -0.15) is 0 Å². The van der Waals surface area contributed by atoms with Crippen LogP contribution in [0.5, 0.6) is 0 Å². The lowest BCUT2D eigenvalue weighted by Gasteiger charge is -2.27. The normalized spacial score (nSPS) is 17.4. The molecule has 1 aromatic carbocycles. The van der Waals surface area contributed by atoms with Gasteiger partial charge in [-0.05, 0) is 44.2 Å². The summed E-state index contributed by atoms with van der Waals surface area (Å²) in [6.07, 6.45) is 3.01. The summed E-state index contributed by atoms with van der Waals surface area (Å²) < 4.78 is 27.8. The van der Waals surface area contributed by atoms with Crippen LogP contribution in [0, 0.1) is 0 Å². The zero-order valence-corrected chi connectivity index (χ0v) is 14.5. The van der Waals surface area contributed by atoms with E-state index in [0.717, 1.165) is 25.1 Å². The predicted molar refractivity (Wildman–Crippen MR) is 89.8 cm³/mol. The van der Waals surface area contributed by atoms with Gasteiger partial charge < -0.3 is 10.2 Å². The summed E-state index contributed by atoms with van der Waals surface area (Å²) in [4.78, 5) is 13.9. The summed E-state index contributed by atoms with van der Waals surface area (Å²) in [5, 5.41) is 2.49. The maximum absolute atomic E-state index is 12.5. The first-order valence-corrected chi connectivity index (χ1v) is 9.04. The third-order valence-electron chi connectivity index (χ3n) is 3.89. The van der Waals surface area contributed by atoms with Crippen LogP contribution in [0.3, 0.4) is 0 Å². The van der Waals surface area contributed by atoms with Crippen LogP contribution in [0.2, 0.25) is 0 Å². The molecule has 1 atom stereocenters. The van der Waals surface area contributed by atoms with E-state index in [0.29, 0.717) is 5.56 Å². The van der Waals surface area contributed by atoms with Crippen LogP contribution in [0.25, 0.3) is 0 Å². The molecule has 2 N–H and O–H groups in total. The number of amides is 1. The van der Waals surface area contributed by atoms with Gasteiger partial charge in [0.2, 0.25) is 10.0 Å². The largest absolute Gasteiger partial charge is 0.355 e. The zero-order chi connectivity index (χ0) is 17.0. The lowest BCUT2D eigenvalue weighted by molar-refractivity contribution is 0.0963. The van der Waals surface area contributed by atoms with Gasteiger partial charge in [-0.1, -0.05) is 12.1 Å². The molecule has 0 unspecified atom stereocenters. The minimum atomic E-state index is -3.68. The number of hydrogen-bond acceptors (Lipinski definition) is 4. The molecule has 1 heterocycles. The van der Waals surface area contributed by atoms with Crippen LogP contribution in [0.4, 0.5) is 0 Å². The van der Waals surface area contributed by atoms with Crippen LogP contribution < -0.4 is 10.0 Å². The third-order valence-corrected chi connectivity index (χ3v) is 5.43. The lowest BCUT2D eigenvalue weighted by Crippen LogP contribution is -2.39. The van der Waals surface area contributed by atoms with Gasteiger partial charge in [0.05, 0.1) is 4.90 Å². The number of nitrogens with one attached hydrogen (secondary N) is 2. The Bertz CT molecular complexity index is 713. The molecule has 1 aromatic rings. The molecule has 0 aromatic heterocycles. The smallest absolute Gasteiger partial charge is 0.251 e. The van der Waals surface area contributed by atoms with Crippen molar-refractivity contribution in [2.45, 2.75) is 24.3 Å². The van der Waals surface area contributed by atoms with Crippen molar-refractivity contribution in [3.63, 3.8) is 0 Å². The van der Waals surface area contributed by atoms with E-state index in [1.807, 2.05) is 14.0 Å². The minimum absolute atomic E-state index is 0.0928. The van der Waals surface area contributed by atoms with Crippen molar-refractivity contribution in [2.24, 2.45) is 0 Å². The molecule has 23 heavy (non-hydrogen) atoms. The molecule has 126 valence electrons. The topological polar surface area (TPSA) is 78.5 Å². The first-order chi connectivity index (χ1) is 10.8. The Morgan fingerprint density at radius 3 is 2.74 bits per heavy atom. The molecular weight excluding hydrogens is 314 g/mol. The molecular formula is C16H23N3O3S. The van der Waals surface area contributed by atoms with Crippen molar-refractivity contribution >= 4 is 15.9 Å². The van der Waals surface area contributed by atoms with E-state index in [-0.39, 0.29) is 16.8 Å². The molecule has 2 rings (SSSR count). The second-order valence-electron chi connectivity index (χ2n) is 5.76. The van der Waals surface area contributed by atoms with E-state index in [1.165, 1.54) is 19.2 Å². The van der Waals surface area contributed by atoms with E-state index < -0.39 is 10.0 Å². The Morgan fingerprint density at radius 2 is 2.09 bits per heavy atom. The van der Waals surface area contributed by atoms with Crippen LogP contribution in [0.15, 0.2) is 40.8 Å². The number of likely N-dealkylation sites (N-methyl/N-ethyl adjacent to an activating group) is 1. The van der Waals surface area contributed by atoms with Gasteiger partial charge in [-0.15, -0.1) is 0 Å². The molecule has 0 bridgehead atoms. The maximum atomic E-state index is 12.5. The molecule has 1 aliphatic rings. The van der Waals surface area contributed by atoms with Gasteiger partial charge in [0.1, 0.15) is 0 Å². The highest BCUT2D eigenvalue weighted by atomic mass is 32.2. The zero-order valence-electron chi connectivity index (χ0n) is 13.7. The number of carbonyl (C=O) groups is 1. The van der Waals surface area contributed by atoms with Crippen LogP contribution in [-0.2, 0) is 10.0 Å². The van der Waals surface area contributed by atoms with Gasteiger partial charge >= 0.3 is 0 Å². The van der Waals surface area contributed by atoms with Gasteiger partial charge in [0.25, 0.3) is 5.91 Å². The number of rotatable bonds is 5. The van der Waals surface area contributed by atoms with Crippen molar-refractivity contribution in [3.8, 4) is 0 Å². The van der Waals surface area contributed by atoms with Gasteiger partial charge in [0, 0.05) is 31.7 Å². The molecule has 0 spiro atoms. The number of benzene rings is 1. The highest BCUT2D eigenvalue weighted by Crippen LogP contribution is 2.16. The van der Waals surface area contributed by atoms with Crippen molar-refractivity contribution < 1.29 is 13.2 Å². The summed E-state index contributed by atoms with van der Waals surface area (Å²) in [6.45, 7) is 3.57. The molecule has 7 heteroatoms. The summed E-state index contributed by atoms with van der Waals surface area (Å²) in [6, 6.07) is 5.74. The molecule has 1 amide bonds. The Kier molecular flexibility index (Phi) is 5.56. The van der Waals surface area contributed by atoms with Crippen molar-refractivity contribution in [1.82, 2.24) is 14.9 Å². The Balaban J connectivity index is 2.18. The molecule has 0 saturated heterocycles. The monoisotopic (exact) mass is 337 g/mol. The molecule has 0 fully saturated rings. The average Bonchev–Trinajstić information content (AvgIpc) is 2.54. The first-order valence-electron chi connectivity index (χ1n) is 7.55. The fourth-order valence-corrected chi connectivity index (χ4v) is 3.86. The van der Waals surface area contributed by atoms with Crippen LogP contribution >= 0.6 is 0 Å². The fraction of sp³-hybridized carbons (Fsp3) is 0.438. The highest BCUT2D eigenvalue weighted by molar-refractivity contribution is 7.89. The van der Waals surface area contributed by atoms with Crippen molar-refractivity contribution in [2.75, 3.05) is 27.2 Å². The lowest BCUT2D eigenvalue weighted by atomic mass is 10.0. The van der Waals surface area contributed by atoms with E-state index in [1.54, 1.807) is 12.1 Å². The molecule has 6 nitrogen and oxygen atoms in total. The van der Waals surface area contributed by atoms with Crippen molar-refractivity contribution in [3.05, 3.63) is 41.5 Å². The highest BCUT2D eigenvalue weighted by Gasteiger charge is 2.22. The fourth-order valence-electron chi connectivity index (χ4n) is 2.56. The van der Waals surface area contributed by atoms with E-state index >= 15 is 0 Å². The molecule has 0 saturated carbocycles. The summed E-state index contributed by atoms with van der Waals surface area (Å²) in [5.41, 5.74) is 1.38. The number of nitrogens with zero attached hydrogens (tertiary/aromatic N) is 1. The van der Waals surface area contributed by atoms with Gasteiger partial charge in [-0.25, -0.2) is 13.1 Å². The summed E-state index contributed by atoms with van der Waals surface area (Å²) in [5.74, 6) is -0.313.